The van der Waals surface area contributed by atoms with E-state index in [-0.39, 0.29) is 33.6 Å². The van der Waals surface area contributed by atoms with Gasteiger partial charge < -0.3 is 14.9 Å². The van der Waals surface area contributed by atoms with Gasteiger partial charge in [-0.05, 0) is 29.8 Å². The first kappa shape index (κ1) is 18.4. The SMILES string of the molecule is COc1cccc2c1C(=O)c1c(ccc(C(O)c3ccc(C#N)cc3)c1O)C2=O. The van der Waals surface area contributed by atoms with Gasteiger partial charge in [0.05, 0.1) is 29.9 Å². The zero-order valence-electron chi connectivity index (χ0n) is 15.3. The van der Waals surface area contributed by atoms with Crippen LogP contribution in [0.1, 0.15) is 54.6 Å². The van der Waals surface area contributed by atoms with Crippen LogP contribution in [0, 0.1) is 11.3 Å². The lowest BCUT2D eigenvalue weighted by Gasteiger charge is -2.22. The second-order valence-electron chi connectivity index (χ2n) is 6.60. The smallest absolute Gasteiger partial charge is 0.201 e. The number of carbonyl (C=O) groups excluding carboxylic acids is 2. The Labute approximate surface area is 166 Å². The van der Waals surface area contributed by atoms with Crippen LogP contribution in [0.25, 0.3) is 0 Å². The quantitative estimate of drug-likeness (QED) is 0.561. The molecule has 0 saturated carbocycles. The molecule has 29 heavy (non-hydrogen) atoms. The molecular formula is C23H15NO5. The fourth-order valence-electron chi connectivity index (χ4n) is 3.56. The van der Waals surface area contributed by atoms with Crippen LogP contribution < -0.4 is 4.74 Å². The molecule has 1 aliphatic rings. The Bertz CT molecular complexity index is 1210. The molecule has 6 heteroatoms. The molecule has 0 saturated heterocycles. The summed E-state index contributed by atoms with van der Waals surface area (Å²) in [6, 6.07) is 15.8. The van der Waals surface area contributed by atoms with Crippen LogP contribution in [0.3, 0.4) is 0 Å². The molecule has 2 N–H and O–H groups in total. The number of methoxy groups -OCH3 is 1. The maximum Gasteiger partial charge on any atom is 0.201 e. The molecule has 0 spiro atoms. The predicted molar refractivity (Wildman–Crippen MR) is 103 cm³/mol. The number of nitrogens with zero attached hydrogens (tertiary/aromatic N) is 1. The maximum absolute atomic E-state index is 13.1. The molecule has 3 aromatic rings. The molecule has 142 valence electrons. The van der Waals surface area contributed by atoms with E-state index in [4.69, 9.17) is 10.00 Å². The molecule has 1 unspecified atom stereocenters. The van der Waals surface area contributed by atoms with Crippen molar-refractivity contribution in [1.82, 2.24) is 0 Å². The van der Waals surface area contributed by atoms with Gasteiger partial charge in [0.2, 0.25) is 5.78 Å². The van der Waals surface area contributed by atoms with E-state index in [1.54, 1.807) is 36.4 Å². The largest absolute Gasteiger partial charge is 0.507 e. The van der Waals surface area contributed by atoms with Gasteiger partial charge in [-0.2, -0.15) is 5.26 Å². The third kappa shape index (κ3) is 2.76. The zero-order valence-corrected chi connectivity index (χ0v) is 15.3. The van der Waals surface area contributed by atoms with Crippen LogP contribution in [0.4, 0.5) is 0 Å². The topological polar surface area (TPSA) is 108 Å². The summed E-state index contributed by atoms with van der Waals surface area (Å²) in [5.74, 6) is -1.15. The van der Waals surface area contributed by atoms with Crippen molar-refractivity contribution >= 4 is 11.6 Å². The molecule has 0 bridgehead atoms. The highest BCUT2D eigenvalue weighted by Crippen LogP contribution is 2.40. The van der Waals surface area contributed by atoms with Gasteiger partial charge in [0.15, 0.2) is 5.78 Å². The molecule has 0 aliphatic heterocycles. The zero-order chi connectivity index (χ0) is 20.7. The van der Waals surface area contributed by atoms with Crippen molar-refractivity contribution in [3.8, 4) is 17.6 Å². The van der Waals surface area contributed by atoms with Crippen LogP contribution in [0.15, 0.2) is 54.6 Å². The maximum atomic E-state index is 13.1. The molecule has 0 amide bonds. The summed E-state index contributed by atoms with van der Waals surface area (Å²) in [6.07, 6.45) is -1.24. The van der Waals surface area contributed by atoms with Gasteiger partial charge in [0.1, 0.15) is 17.6 Å². The molecular weight excluding hydrogens is 370 g/mol. The number of ether oxygens (including phenoxy) is 1. The Hall–Kier alpha value is -3.95. The summed E-state index contributed by atoms with van der Waals surface area (Å²) in [7, 11) is 1.40. The van der Waals surface area contributed by atoms with E-state index < -0.39 is 23.4 Å². The molecule has 0 heterocycles. The molecule has 1 atom stereocenters. The Balaban J connectivity index is 1.85. The number of aromatic hydroxyl groups is 1. The fourth-order valence-corrected chi connectivity index (χ4v) is 3.56. The van der Waals surface area contributed by atoms with Crippen molar-refractivity contribution in [3.05, 3.63) is 93.5 Å². The molecule has 4 rings (SSSR count). The van der Waals surface area contributed by atoms with E-state index in [0.717, 1.165) is 0 Å². The minimum absolute atomic E-state index is 0.0732. The Morgan fingerprint density at radius 3 is 2.28 bits per heavy atom. The third-order valence-corrected chi connectivity index (χ3v) is 5.05. The minimum atomic E-state index is -1.24. The van der Waals surface area contributed by atoms with Crippen LogP contribution in [-0.2, 0) is 0 Å². The van der Waals surface area contributed by atoms with Gasteiger partial charge in [-0.3, -0.25) is 9.59 Å². The third-order valence-electron chi connectivity index (χ3n) is 5.05. The predicted octanol–water partition coefficient (Wildman–Crippen LogP) is 3.13. The lowest BCUT2D eigenvalue weighted by Crippen LogP contribution is -2.22. The van der Waals surface area contributed by atoms with Gasteiger partial charge in [-0.15, -0.1) is 0 Å². The molecule has 0 fully saturated rings. The number of benzene rings is 3. The van der Waals surface area contributed by atoms with E-state index in [9.17, 15) is 19.8 Å². The average molecular weight is 385 g/mol. The van der Waals surface area contributed by atoms with Crippen molar-refractivity contribution in [2.24, 2.45) is 0 Å². The van der Waals surface area contributed by atoms with Crippen LogP contribution in [0.5, 0.6) is 11.5 Å². The number of aliphatic hydroxyl groups excluding tert-OH is 1. The normalized spacial score (nSPS) is 13.3. The number of hydrogen-bond donors (Lipinski definition) is 2. The Morgan fingerprint density at radius 1 is 0.931 bits per heavy atom. The minimum Gasteiger partial charge on any atom is -0.507 e. The van der Waals surface area contributed by atoms with Gasteiger partial charge >= 0.3 is 0 Å². The van der Waals surface area contributed by atoms with Crippen LogP contribution in [0.2, 0.25) is 0 Å². The standard InChI is InChI=1S/C23H15NO5/c1-29-17-4-2-3-14-18(17)23(28)19-15(21(14)26)9-10-16(22(19)27)20(25)13-7-5-12(11-24)6-8-13/h2-10,20,25,27H,1H3. The van der Waals surface area contributed by atoms with Crippen molar-refractivity contribution in [2.45, 2.75) is 6.10 Å². The lowest BCUT2D eigenvalue weighted by molar-refractivity contribution is 0.0973. The highest BCUT2D eigenvalue weighted by Gasteiger charge is 2.36. The number of fused-ring (bicyclic) bond motifs is 2. The number of rotatable bonds is 3. The van der Waals surface area contributed by atoms with E-state index in [2.05, 4.69) is 0 Å². The van der Waals surface area contributed by atoms with E-state index in [1.165, 1.54) is 25.3 Å². The molecule has 1 aliphatic carbocycles. The van der Waals surface area contributed by atoms with Gasteiger partial charge in [-0.25, -0.2) is 0 Å². The number of nitriles is 1. The average Bonchev–Trinajstić information content (AvgIpc) is 2.76. The number of ketones is 2. The molecule has 3 aromatic carbocycles. The summed E-state index contributed by atoms with van der Waals surface area (Å²) in [6.45, 7) is 0. The van der Waals surface area contributed by atoms with E-state index >= 15 is 0 Å². The first-order valence-corrected chi connectivity index (χ1v) is 8.78. The molecule has 6 nitrogen and oxygen atoms in total. The monoisotopic (exact) mass is 385 g/mol. The van der Waals surface area contributed by atoms with E-state index in [1.807, 2.05) is 6.07 Å². The number of aliphatic hydroxyl groups is 1. The van der Waals surface area contributed by atoms with E-state index in [0.29, 0.717) is 11.1 Å². The van der Waals surface area contributed by atoms with Crippen molar-refractivity contribution in [3.63, 3.8) is 0 Å². The second kappa shape index (κ2) is 6.89. The highest BCUT2D eigenvalue weighted by molar-refractivity contribution is 6.30. The summed E-state index contributed by atoms with van der Waals surface area (Å²) < 4.78 is 5.22. The van der Waals surface area contributed by atoms with Crippen molar-refractivity contribution < 1.29 is 24.5 Å². The van der Waals surface area contributed by atoms with Gasteiger partial charge in [0.25, 0.3) is 0 Å². The number of carbonyl (C=O) groups is 2. The van der Waals surface area contributed by atoms with Crippen molar-refractivity contribution in [1.29, 1.82) is 5.26 Å². The number of hydrogen-bond acceptors (Lipinski definition) is 6. The first-order chi connectivity index (χ1) is 14.0. The molecule has 0 aromatic heterocycles. The second-order valence-corrected chi connectivity index (χ2v) is 6.60. The van der Waals surface area contributed by atoms with Gasteiger partial charge in [-0.1, -0.05) is 30.3 Å². The van der Waals surface area contributed by atoms with Crippen LogP contribution >= 0.6 is 0 Å². The Kier molecular flexibility index (Phi) is 4.38. The number of phenols is 1. The lowest BCUT2D eigenvalue weighted by atomic mass is 9.81. The summed E-state index contributed by atoms with van der Waals surface area (Å²) in [5, 5.41) is 30.4. The fraction of sp³-hybridized carbons (Fsp3) is 0.0870. The van der Waals surface area contributed by atoms with Gasteiger partial charge in [0, 0.05) is 16.7 Å². The number of phenolic OH excluding ortho intramolecular Hbond substituents is 1. The highest BCUT2D eigenvalue weighted by atomic mass is 16.5. The summed E-state index contributed by atoms with van der Waals surface area (Å²) in [4.78, 5) is 26.0. The summed E-state index contributed by atoms with van der Waals surface area (Å²) in [5.41, 5.74) is 1.18. The Morgan fingerprint density at radius 2 is 1.62 bits per heavy atom. The van der Waals surface area contributed by atoms with Crippen LogP contribution in [-0.4, -0.2) is 28.9 Å². The molecule has 0 radical (unpaired) electrons. The van der Waals surface area contributed by atoms with Crippen molar-refractivity contribution in [2.75, 3.05) is 7.11 Å². The first-order valence-electron chi connectivity index (χ1n) is 8.78. The summed E-state index contributed by atoms with van der Waals surface area (Å²) >= 11 is 0.